The van der Waals surface area contributed by atoms with Crippen molar-refractivity contribution in [1.82, 2.24) is 19.1 Å². The van der Waals surface area contributed by atoms with Gasteiger partial charge in [-0.1, -0.05) is 0 Å². The number of nitrogens with one attached hydrogen (secondary N) is 1. The summed E-state index contributed by atoms with van der Waals surface area (Å²) in [4.78, 5) is 32.1. The molecule has 0 unspecified atom stereocenters. The first-order valence-electron chi connectivity index (χ1n) is 8.83. The SMILES string of the molecule is C[C@]1(O)CC[C@@H](Cn2c(=O)[nH]c3ncn(CC4CC4)c3c2=O)CC1. The van der Waals surface area contributed by atoms with Gasteiger partial charge in [-0.05, 0) is 57.3 Å². The molecule has 2 aliphatic carbocycles. The second-order valence-electron chi connectivity index (χ2n) is 7.82. The summed E-state index contributed by atoms with van der Waals surface area (Å²) in [5.41, 5.74) is -0.357. The highest BCUT2D eigenvalue weighted by Crippen LogP contribution is 2.32. The van der Waals surface area contributed by atoms with Crippen molar-refractivity contribution in [2.75, 3.05) is 0 Å². The summed E-state index contributed by atoms with van der Waals surface area (Å²) in [6.45, 7) is 3.06. The van der Waals surface area contributed by atoms with Crippen molar-refractivity contribution in [2.45, 2.75) is 64.1 Å². The van der Waals surface area contributed by atoms with Gasteiger partial charge in [0, 0.05) is 13.1 Å². The van der Waals surface area contributed by atoms with Crippen LogP contribution in [0.3, 0.4) is 0 Å². The number of hydrogen-bond donors (Lipinski definition) is 2. The third-order valence-corrected chi connectivity index (χ3v) is 5.53. The van der Waals surface area contributed by atoms with E-state index >= 15 is 0 Å². The van der Waals surface area contributed by atoms with E-state index in [2.05, 4.69) is 9.97 Å². The monoisotopic (exact) mass is 332 g/mol. The molecule has 7 nitrogen and oxygen atoms in total. The van der Waals surface area contributed by atoms with Gasteiger partial charge >= 0.3 is 5.69 Å². The molecule has 2 heterocycles. The molecule has 0 aliphatic heterocycles. The highest BCUT2D eigenvalue weighted by molar-refractivity contribution is 5.69. The molecule has 0 bridgehead atoms. The average molecular weight is 332 g/mol. The fourth-order valence-electron chi connectivity index (χ4n) is 3.71. The lowest BCUT2D eigenvalue weighted by Gasteiger charge is -2.33. The van der Waals surface area contributed by atoms with Crippen LogP contribution in [-0.2, 0) is 13.1 Å². The Labute approximate surface area is 139 Å². The maximum atomic E-state index is 12.9. The Morgan fingerprint density at radius 1 is 1.21 bits per heavy atom. The normalized spacial score (nSPS) is 27.7. The second-order valence-corrected chi connectivity index (χ2v) is 7.82. The fraction of sp³-hybridized carbons (Fsp3) is 0.706. The minimum Gasteiger partial charge on any atom is -0.390 e. The molecule has 0 atom stereocenters. The lowest BCUT2D eigenvalue weighted by atomic mass is 9.80. The molecule has 2 fully saturated rings. The van der Waals surface area contributed by atoms with Crippen LogP contribution in [0.25, 0.3) is 11.2 Å². The molecule has 0 aromatic carbocycles. The first-order chi connectivity index (χ1) is 11.4. The fourth-order valence-corrected chi connectivity index (χ4v) is 3.71. The predicted octanol–water partition coefficient (Wildman–Crippen LogP) is 1.24. The molecule has 4 rings (SSSR count). The third kappa shape index (κ3) is 2.92. The van der Waals surface area contributed by atoms with E-state index in [1.165, 1.54) is 17.4 Å². The van der Waals surface area contributed by atoms with Crippen molar-refractivity contribution >= 4 is 11.2 Å². The molecular formula is C17H24N4O3. The topological polar surface area (TPSA) is 92.9 Å². The Morgan fingerprint density at radius 3 is 2.54 bits per heavy atom. The van der Waals surface area contributed by atoms with Gasteiger partial charge in [-0.3, -0.25) is 14.3 Å². The predicted molar refractivity (Wildman–Crippen MR) is 89.9 cm³/mol. The molecule has 2 aliphatic rings. The number of nitrogens with zero attached hydrogens (tertiary/aromatic N) is 3. The van der Waals surface area contributed by atoms with E-state index in [0.717, 1.165) is 19.4 Å². The van der Waals surface area contributed by atoms with Crippen molar-refractivity contribution in [3.05, 3.63) is 27.2 Å². The van der Waals surface area contributed by atoms with E-state index < -0.39 is 5.60 Å². The zero-order valence-electron chi connectivity index (χ0n) is 14.0. The van der Waals surface area contributed by atoms with Crippen LogP contribution in [0.15, 0.2) is 15.9 Å². The highest BCUT2D eigenvalue weighted by atomic mass is 16.3. The quantitative estimate of drug-likeness (QED) is 0.881. The Morgan fingerprint density at radius 2 is 1.88 bits per heavy atom. The van der Waals surface area contributed by atoms with Crippen molar-refractivity contribution in [3.63, 3.8) is 0 Å². The maximum Gasteiger partial charge on any atom is 0.330 e. The van der Waals surface area contributed by atoms with Crippen LogP contribution in [0.5, 0.6) is 0 Å². The van der Waals surface area contributed by atoms with Crippen molar-refractivity contribution in [2.24, 2.45) is 11.8 Å². The van der Waals surface area contributed by atoms with Gasteiger partial charge in [-0.15, -0.1) is 0 Å². The number of H-pyrrole nitrogens is 1. The lowest BCUT2D eigenvalue weighted by molar-refractivity contribution is 0.00554. The van der Waals surface area contributed by atoms with Gasteiger partial charge < -0.3 is 9.67 Å². The van der Waals surface area contributed by atoms with Crippen LogP contribution in [0, 0.1) is 11.8 Å². The Balaban J connectivity index is 1.65. The van der Waals surface area contributed by atoms with Crippen molar-refractivity contribution in [3.8, 4) is 0 Å². The Hall–Kier alpha value is -1.89. The molecule has 2 aromatic rings. The number of aliphatic hydroxyl groups is 1. The number of rotatable bonds is 4. The van der Waals surface area contributed by atoms with E-state index in [9.17, 15) is 14.7 Å². The summed E-state index contributed by atoms with van der Waals surface area (Å²) in [7, 11) is 0. The van der Waals surface area contributed by atoms with Gasteiger partial charge in [0.2, 0.25) is 0 Å². The molecule has 0 radical (unpaired) electrons. The molecule has 2 N–H and O–H groups in total. The Kier molecular flexibility index (Phi) is 3.63. The molecule has 0 amide bonds. The molecule has 7 heteroatoms. The second kappa shape index (κ2) is 5.58. The summed E-state index contributed by atoms with van der Waals surface area (Å²) in [6.07, 6.45) is 7.13. The average Bonchev–Trinajstić information content (AvgIpc) is 3.25. The first kappa shape index (κ1) is 15.6. The van der Waals surface area contributed by atoms with Crippen LogP contribution in [0.1, 0.15) is 45.4 Å². The molecule has 0 spiro atoms. The summed E-state index contributed by atoms with van der Waals surface area (Å²) >= 11 is 0. The van der Waals surface area contributed by atoms with Crippen LogP contribution >= 0.6 is 0 Å². The standard InChI is InChI=1S/C17H24N4O3/c1-17(24)6-4-12(5-7-17)9-21-15(22)13-14(19-16(21)23)18-10-20(13)8-11-2-3-11/h10-12,24H,2-9H2,1H3,(H,19,23)/t12-,17+. The minimum atomic E-state index is -0.610. The van der Waals surface area contributed by atoms with Gasteiger partial charge in [-0.25, -0.2) is 9.78 Å². The summed E-state index contributed by atoms with van der Waals surface area (Å²) in [6, 6.07) is 0. The van der Waals surface area contributed by atoms with E-state index in [1.807, 2.05) is 11.5 Å². The van der Waals surface area contributed by atoms with Gasteiger partial charge in [0.15, 0.2) is 11.2 Å². The molecule has 130 valence electrons. The number of imidazole rings is 1. The first-order valence-corrected chi connectivity index (χ1v) is 8.83. The summed E-state index contributed by atoms with van der Waals surface area (Å²) in [5, 5.41) is 10.1. The molecule has 2 aromatic heterocycles. The van der Waals surface area contributed by atoms with E-state index in [-0.39, 0.29) is 17.2 Å². The van der Waals surface area contributed by atoms with Gasteiger partial charge in [0.25, 0.3) is 5.56 Å². The zero-order chi connectivity index (χ0) is 16.9. The number of aromatic nitrogens is 4. The zero-order valence-corrected chi connectivity index (χ0v) is 14.0. The smallest absolute Gasteiger partial charge is 0.330 e. The van der Waals surface area contributed by atoms with Crippen molar-refractivity contribution < 1.29 is 5.11 Å². The van der Waals surface area contributed by atoms with Gasteiger partial charge in [-0.2, -0.15) is 0 Å². The molecular weight excluding hydrogens is 308 g/mol. The van der Waals surface area contributed by atoms with Gasteiger partial charge in [0.1, 0.15) is 0 Å². The van der Waals surface area contributed by atoms with E-state index in [1.54, 1.807) is 6.33 Å². The third-order valence-electron chi connectivity index (χ3n) is 5.53. The van der Waals surface area contributed by atoms with E-state index in [4.69, 9.17) is 0 Å². The van der Waals surface area contributed by atoms with Gasteiger partial charge in [0.05, 0.1) is 11.9 Å². The summed E-state index contributed by atoms with van der Waals surface area (Å²) in [5.74, 6) is 0.879. The largest absolute Gasteiger partial charge is 0.390 e. The Bertz CT molecular complexity index is 862. The number of hydrogen-bond acceptors (Lipinski definition) is 4. The number of fused-ring (bicyclic) bond motifs is 1. The van der Waals surface area contributed by atoms with Crippen molar-refractivity contribution in [1.29, 1.82) is 0 Å². The molecule has 2 saturated carbocycles. The maximum absolute atomic E-state index is 12.9. The minimum absolute atomic E-state index is 0.246. The number of aromatic amines is 1. The highest BCUT2D eigenvalue weighted by Gasteiger charge is 2.29. The van der Waals surface area contributed by atoms with E-state index in [0.29, 0.717) is 36.5 Å². The van der Waals surface area contributed by atoms with Crippen LogP contribution in [-0.4, -0.2) is 29.8 Å². The van der Waals surface area contributed by atoms with Crippen LogP contribution in [0.2, 0.25) is 0 Å². The summed E-state index contributed by atoms with van der Waals surface area (Å²) < 4.78 is 3.20. The molecule has 0 saturated heterocycles. The van der Waals surface area contributed by atoms with Crippen LogP contribution < -0.4 is 11.2 Å². The molecule has 24 heavy (non-hydrogen) atoms. The lowest BCUT2D eigenvalue weighted by Crippen LogP contribution is -2.40. The van der Waals surface area contributed by atoms with Crippen LogP contribution in [0.4, 0.5) is 0 Å².